The van der Waals surface area contributed by atoms with Gasteiger partial charge in [0.05, 0.1) is 25.2 Å². The van der Waals surface area contributed by atoms with Gasteiger partial charge in [0.2, 0.25) is 0 Å². The van der Waals surface area contributed by atoms with Crippen LogP contribution in [0.25, 0.3) is 0 Å². The largest absolute Gasteiger partial charge is 0.538 e. The number of hydrogen-bond donors (Lipinski definition) is 0. The summed E-state index contributed by atoms with van der Waals surface area (Å²) in [4.78, 5) is 0. The van der Waals surface area contributed by atoms with Crippen LogP contribution in [0.5, 0.6) is 0 Å². The summed E-state index contributed by atoms with van der Waals surface area (Å²) in [5.41, 5.74) is 15.5. The van der Waals surface area contributed by atoms with E-state index in [2.05, 4.69) is 165 Å². The van der Waals surface area contributed by atoms with Crippen molar-refractivity contribution >= 4 is 8.10 Å². The van der Waals surface area contributed by atoms with Crippen LogP contribution in [0.1, 0.15) is 132 Å². The van der Waals surface area contributed by atoms with Crippen molar-refractivity contribution in [1.82, 2.24) is 9.34 Å². The molecule has 3 nitrogen and oxygen atoms in total. The predicted octanol–water partition coefficient (Wildman–Crippen LogP) is 12.8. The molecule has 0 aromatic heterocycles. The van der Waals surface area contributed by atoms with Crippen LogP contribution in [-0.2, 0) is 4.57 Å². The molecule has 4 aromatic rings. The van der Waals surface area contributed by atoms with E-state index in [0.29, 0.717) is 12.1 Å². The van der Waals surface area contributed by atoms with Gasteiger partial charge in [-0.3, -0.25) is 0 Å². The van der Waals surface area contributed by atoms with Gasteiger partial charge in [-0.15, -0.1) is 0 Å². The van der Waals surface area contributed by atoms with Crippen LogP contribution in [0.4, 0.5) is 0 Å². The Morgan fingerprint density at radius 3 is 0.942 bits per heavy atom. The molecule has 0 radical (unpaired) electrons. The van der Waals surface area contributed by atoms with Crippen LogP contribution < -0.4 is 0 Å². The lowest BCUT2D eigenvalue weighted by Crippen LogP contribution is -2.45. The Kier molecular flexibility index (Phi) is 11.1. The van der Waals surface area contributed by atoms with E-state index in [9.17, 15) is 0 Å². The molecular weight excluding hydrogens is 652 g/mol. The van der Waals surface area contributed by atoms with Crippen molar-refractivity contribution in [2.75, 3.05) is 13.1 Å². The molecule has 0 unspecified atom stereocenters. The van der Waals surface area contributed by atoms with Crippen molar-refractivity contribution in [2.45, 2.75) is 133 Å². The van der Waals surface area contributed by atoms with E-state index in [4.69, 9.17) is 0 Å². The summed E-state index contributed by atoms with van der Waals surface area (Å²) in [5, 5.41) is 0. The molecule has 0 N–H and O–H groups in total. The molecule has 6 rings (SSSR count). The molecule has 2 aliphatic rings. The number of nitrogens with zero attached hydrogens (tertiary/aromatic N) is 2. The monoisotopic (exact) mass is 715 g/mol. The van der Waals surface area contributed by atoms with Gasteiger partial charge in [0, 0.05) is 11.8 Å². The Balaban J connectivity index is 1.38. The highest BCUT2D eigenvalue weighted by molar-refractivity contribution is 7.39. The zero-order valence-corrected chi connectivity index (χ0v) is 35.1. The van der Waals surface area contributed by atoms with Crippen LogP contribution in [0, 0.1) is 66.2 Å². The summed E-state index contributed by atoms with van der Waals surface area (Å²) >= 11 is 0. The van der Waals surface area contributed by atoms with Crippen molar-refractivity contribution in [3.05, 3.63) is 140 Å². The van der Waals surface area contributed by atoms with E-state index in [0.717, 1.165) is 25.9 Å². The minimum atomic E-state index is -1.73. The maximum absolute atomic E-state index is 15.3. The first kappa shape index (κ1) is 38.6. The number of aryl methyl sites for hydroxylation is 8. The third kappa shape index (κ3) is 8.18. The predicted molar refractivity (Wildman–Crippen MR) is 222 cm³/mol. The highest BCUT2D eigenvalue weighted by Crippen LogP contribution is 2.56. The molecule has 1 aliphatic carbocycles. The van der Waals surface area contributed by atoms with E-state index in [-0.39, 0.29) is 22.7 Å². The summed E-state index contributed by atoms with van der Waals surface area (Å²) in [7, 11) is -1.73. The molecule has 276 valence electrons. The molecule has 1 saturated carbocycles. The summed E-state index contributed by atoms with van der Waals surface area (Å²) in [6.45, 7) is 29.0. The third-order valence-corrected chi connectivity index (χ3v) is 13.7. The lowest BCUT2D eigenvalue weighted by molar-refractivity contribution is 0.141. The molecular formula is C48H64N2OP+. The number of benzene rings is 4. The van der Waals surface area contributed by atoms with E-state index in [1.54, 1.807) is 0 Å². The molecule has 0 amide bonds. The Hall–Kier alpha value is -3.10. The van der Waals surface area contributed by atoms with Gasteiger partial charge in [0.15, 0.2) is 0 Å². The maximum Gasteiger partial charge on any atom is 0.538 e. The lowest BCUT2D eigenvalue weighted by Gasteiger charge is -2.38. The lowest BCUT2D eigenvalue weighted by atomic mass is 9.69. The van der Waals surface area contributed by atoms with Crippen molar-refractivity contribution in [3.8, 4) is 0 Å². The highest BCUT2D eigenvalue weighted by Gasteiger charge is 2.60. The normalized spacial score (nSPS) is 18.8. The van der Waals surface area contributed by atoms with E-state index in [1.165, 1.54) is 79.6 Å². The smallest absolute Gasteiger partial charge is 0.0736 e. The molecule has 2 atom stereocenters. The Morgan fingerprint density at radius 2 is 0.712 bits per heavy atom. The van der Waals surface area contributed by atoms with Gasteiger partial charge >= 0.3 is 8.10 Å². The van der Waals surface area contributed by atoms with Crippen molar-refractivity contribution in [1.29, 1.82) is 0 Å². The van der Waals surface area contributed by atoms with Crippen molar-refractivity contribution in [3.63, 3.8) is 0 Å². The molecule has 52 heavy (non-hydrogen) atoms. The van der Waals surface area contributed by atoms with Gasteiger partial charge in [-0.25, -0.2) is 0 Å². The van der Waals surface area contributed by atoms with Crippen LogP contribution in [0.3, 0.4) is 0 Å². The zero-order chi connectivity index (χ0) is 37.7. The molecule has 4 heteroatoms. The number of rotatable bonds is 10. The average molecular weight is 716 g/mol. The van der Waals surface area contributed by atoms with Gasteiger partial charge in [0.25, 0.3) is 0 Å². The Labute approximate surface area is 317 Å². The van der Waals surface area contributed by atoms with Crippen molar-refractivity contribution in [2.24, 2.45) is 10.8 Å². The fraction of sp³-hybridized carbons (Fsp3) is 0.500. The van der Waals surface area contributed by atoms with Gasteiger partial charge in [-0.2, -0.15) is 0 Å². The Bertz CT molecular complexity index is 1630. The van der Waals surface area contributed by atoms with E-state index in [1.807, 2.05) is 0 Å². The molecule has 1 aliphatic heterocycles. The van der Waals surface area contributed by atoms with Gasteiger partial charge < -0.3 is 0 Å². The standard InChI is InChI=1S/C48H64N2OP/c1-31-17-32(2)22-39(21-31)45(40-23-33(3)18-34(4)24-40)47(9,10)29-49-43-15-13-14-16-44(43)50(52(49)51)30-48(11,12)46(41-25-35(5)19-36(6)26-41)42-27-37(7)20-38(8)28-42/h17-28,43-46H,13-16,29-30H2,1-12H3/q+1/t43-,44-/m1/s1. The first-order valence-corrected chi connectivity index (χ1v) is 20.9. The van der Waals surface area contributed by atoms with Crippen LogP contribution >= 0.6 is 8.10 Å². The van der Waals surface area contributed by atoms with E-state index < -0.39 is 8.10 Å². The highest BCUT2D eigenvalue weighted by atomic mass is 31.1. The molecule has 0 spiro atoms. The topological polar surface area (TPSA) is 23.6 Å². The second-order valence-electron chi connectivity index (χ2n) is 18.4. The fourth-order valence-corrected chi connectivity index (χ4v) is 12.8. The number of fused-ring (bicyclic) bond motifs is 1. The first-order chi connectivity index (χ1) is 24.4. The third-order valence-electron chi connectivity index (χ3n) is 11.9. The summed E-state index contributed by atoms with van der Waals surface area (Å²) < 4.78 is 20.2. The molecule has 1 heterocycles. The second-order valence-corrected chi connectivity index (χ2v) is 19.9. The minimum Gasteiger partial charge on any atom is -0.0736 e. The summed E-state index contributed by atoms with van der Waals surface area (Å²) in [6.07, 6.45) is 4.66. The van der Waals surface area contributed by atoms with Crippen molar-refractivity contribution < 1.29 is 4.57 Å². The van der Waals surface area contributed by atoms with Gasteiger partial charge in [0.1, 0.15) is 0 Å². The minimum absolute atomic E-state index is 0.167. The summed E-state index contributed by atoms with van der Waals surface area (Å²) in [6, 6.07) is 28.9. The fourth-order valence-electron chi connectivity index (χ4n) is 10.5. The van der Waals surface area contributed by atoms with Crippen LogP contribution in [-0.4, -0.2) is 34.5 Å². The Morgan fingerprint density at radius 1 is 0.481 bits per heavy atom. The second kappa shape index (κ2) is 15.0. The van der Waals surface area contributed by atoms with Crippen LogP contribution in [0.2, 0.25) is 0 Å². The maximum atomic E-state index is 15.3. The zero-order valence-electron chi connectivity index (χ0n) is 34.2. The molecule has 0 bridgehead atoms. The SMILES string of the molecule is Cc1cc(C)cc(C(c2cc(C)cc(C)c2)C(C)(C)CN2[C@@H]3CCCC[C@H]3N(CC(C)(C)C(c3cc(C)cc(C)c3)c3cc(C)cc(C)c3)[P+]2=O)c1. The molecule has 4 aromatic carbocycles. The summed E-state index contributed by atoms with van der Waals surface area (Å²) in [5.74, 6) is 0.360. The average Bonchev–Trinajstić information content (AvgIpc) is 3.24. The van der Waals surface area contributed by atoms with Gasteiger partial charge in [-0.1, -0.05) is 167 Å². The van der Waals surface area contributed by atoms with E-state index >= 15 is 4.57 Å². The number of hydrogen-bond acceptors (Lipinski definition) is 1. The first-order valence-electron chi connectivity index (χ1n) is 19.7. The molecule has 1 saturated heterocycles. The quantitative estimate of drug-likeness (QED) is 0.153. The molecule has 2 fully saturated rings. The van der Waals surface area contributed by atoms with Gasteiger partial charge in [-0.05, 0) is 106 Å². The van der Waals surface area contributed by atoms with Crippen LogP contribution in [0.15, 0.2) is 72.8 Å².